The van der Waals surface area contributed by atoms with Crippen molar-refractivity contribution in [2.45, 2.75) is 19.1 Å². The molecule has 1 fully saturated rings. The summed E-state index contributed by atoms with van der Waals surface area (Å²) in [7, 11) is 0. The molecule has 0 aromatic heterocycles. The number of piperazine rings is 1. The lowest BCUT2D eigenvalue weighted by Gasteiger charge is -2.35. The Morgan fingerprint density at radius 3 is 1.93 bits per heavy atom. The maximum absolute atomic E-state index is 12.0. The monoisotopic (exact) mass is 403 g/mol. The predicted octanol–water partition coefficient (Wildman–Crippen LogP) is 2.71. The standard InChI is InChI=1S/C22H29N3O2.ClH/c1-18(23)22(26)25-14-12-24(13-15-25)16-17-27-21(19-8-4-2-5-9-19)20-10-6-3-7-11-20;/h2-11,18,21H,12-17,23H2,1H3;1H. The molecule has 2 aromatic carbocycles. The highest BCUT2D eigenvalue weighted by molar-refractivity contribution is 5.85. The average Bonchev–Trinajstić information content (AvgIpc) is 2.72. The summed E-state index contributed by atoms with van der Waals surface area (Å²) in [5, 5.41) is 0. The molecule has 1 unspecified atom stereocenters. The van der Waals surface area contributed by atoms with Gasteiger partial charge in [0.1, 0.15) is 6.10 Å². The average molecular weight is 404 g/mol. The molecule has 0 saturated carbocycles. The van der Waals surface area contributed by atoms with Crippen LogP contribution >= 0.6 is 12.4 Å². The van der Waals surface area contributed by atoms with Crippen molar-refractivity contribution in [3.8, 4) is 0 Å². The maximum Gasteiger partial charge on any atom is 0.239 e. The number of carbonyl (C=O) groups is 1. The molecule has 1 saturated heterocycles. The molecule has 0 radical (unpaired) electrons. The molecule has 28 heavy (non-hydrogen) atoms. The van der Waals surface area contributed by atoms with Crippen LogP contribution in [0.5, 0.6) is 0 Å². The fourth-order valence-electron chi connectivity index (χ4n) is 3.42. The summed E-state index contributed by atoms with van der Waals surface area (Å²) < 4.78 is 6.29. The van der Waals surface area contributed by atoms with Gasteiger partial charge in [-0.3, -0.25) is 9.69 Å². The molecule has 0 spiro atoms. The normalized spacial score (nSPS) is 15.9. The molecular weight excluding hydrogens is 374 g/mol. The molecule has 1 atom stereocenters. The van der Waals surface area contributed by atoms with Gasteiger partial charge in [0.05, 0.1) is 12.6 Å². The highest BCUT2D eigenvalue weighted by Crippen LogP contribution is 2.25. The lowest BCUT2D eigenvalue weighted by Crippen LogP contribution is -2.52. The molecule has 5 nitrogen and oxygen atoms in total. The van der Waals surface area contributed by atoms with E-state index in [4.69, 9.17) is 10.5 Å². The zero-order chi connectivity index (χ0) is 19.1. The predicted molar refractivity (Wildman–Crippen MR) is 115 cm³/mol. The molecule has 0 aliphatic carbocycles. The molecule has 1 aliphatic rings. The smallest absolute Gasteiger partial charge is 0.239 e. The first-order chi connectivity index (χ1) is 13.1. The molecule has 2 N–H and O–H groups in total. The number of nitrogens with zero attached hydrogens (tertiary/aromatic N) is 2. The Bertz CT molecular complexity index is 665. The van der Waals surface area contributed by atoms with E-state index in [2.05, 4.69) is 29.2 Å². The summed E-state index contributed by atoms with van der Waals surface area (Å²) in [6.07, 6.45) is -0.0617. The van der Waals surface area contributed by atoms with Crippen molar-refractivity contribution in [2.75, 3.05) is 39.3 Å². The zero-order valence-corrected chi connectivity index (χ0v) is 17.2. The summed E-state index contributed by atoms with van der Waals surface area (Å²) in [6.45, 7) is 6.45. The quantitative estimate of drug-likeness (QED) is 0.772. The topological polar surface area (TPSA) is 58.8 Å². The summed E-state index contributed by atoms with van der Waals surface area (Å²) in [5.41, 5.74) is 8.03. The van der Waals surface area contributed by atoms with Gasteiger partial charge >= 0.3 is 0 Å². The number of hydrogen-bond acceptors (Lipinski definition) is 4. The van der Waals surface area contributed by atoms with Crippen molar-refractivity contribution in [3.63, 3.8) is 0 Å². The van der Waals surface area contributed by atoms with Crippen molar-refractivity contribution in [3.05, 3.63) is 71.8 Å². The van der Waals surface area contributed by atoms with Gasteiger partial charge in [0.2, 0.25) is 5.91 Å². The summed E-state index contributed by atoms with van der Waals surface area (Å²) >= 11 is 0. The molecular formula is C22H30ClN3O2. The number of amides is 1. The Morgan fingerprint density at radius 2 is 1.46 bits per heavy atom. The molecule has 3 rings (SSSR count). The minimum atomic E-state index is -0.419. The van der Waals surface area contributed by atoms with Crippen molar-refractivity contribution in [2.24, 2.45) is 5.73 Å². The molecule has 1 heterocycles. The third-order valence-corrected chi connectivity index (χ3v) is 4.97. The number of ether oxygens (including phenoxy) is 1. The Morgan fingerprint density at radius 1 is 0.964 bits per heavy atom. The first-order valence-corrected chi connectivity index (χ1v) is 9.63. The molecule has 6 heteroatoms. The Labute approximate surface area is 173 Å². The van der Waals surface area contributed by atoms with E-state index in [0.717, 1.165) is 43.9 Å². The first kappa shape index (κ1) is 22.4. The van der Waals surface area contributed by atoms with Crippen molar-refractivity contribution < 1.29 is 9.53 Å². The van der Waals surface area contributed by atoms with E-state index in [1.807, 2.05) is 41.3 Å². The van der Waals surface area contributed by atoms with E-state index < -0.39 is 6.04 Å². The van der Waals surface area contributed by atoms with Crippen LogP contribution in [0, 0.1) is 0 Å². The van der Waals surface area contributed by atoms with Crippen molar-refractivity contribution >= 4 is 18.3 Å². The Balaban J connectivity index is 0.00000280. The van der Waals surface area contributed by atoms with E-state index in [1.165, 1.54) is 0 Å². The first-order valence-electron chi connectivity index (χ1n) is 9.63. The van der Waals surface area contributed by atoms with Crippen LogP contribution in [0.15, 0.2) is 60.7 Å². The van der Waals surface area contributed by atoms with Gasteiger partial charge in [-0.1, -0.05) is 60.7 Å². The summed E-state index contributed by atoms with van der Waals surface area (Å²) in [5.74, 6) is 0.0409. The van der Waals surface area contributed by atoms with E-state index in [9.17, 15) is 4.79 Å². The van der Waals surface area contributed by atoms with Crippen LogP contribution in [0.3, 0.4) is 0 Å². The number of carbonyl (C=O) groups excluding carboxylic acids is 1. The summed E-state index contributed by atoms with van der Waals surface area (Å²) in [4.78, 5) is 16.2. The van der Waals surface area contributed by atoms with Gasteiger partial charge in [-0.05, 0) is 18.1 Å². The van der Waals surface area contributed by atoms with Gasteiger partial charge < -0.3 is 15.4 Å². The summed E-state index contributed by atoms with van der Waals surface area (Å²) in [6, 6.07) is 20.2. The second-order valence-electron chi connectivity index (χ2n) is 7.03. The number of halogens is 1. The molecule has 1 aliphatic heterocycles. The third kappa shape index (κ3) is 6.04. The Kier molecular flexibility index (Phi) is 8.93. The minimum absolute atomic E-state index is 0. The molecule has 0 bridgehead atoms. The number of rotatable bonds is 7. The van der Waals surface area contributed by atoms with Gasteiger partial charge in [0, 0.05) is 32.7 Å². The maximum atomic E-state index is 12.0. The van der Waals surface area contributed by atoms with Gasteiger partial charge in [-0.15, -0.1) is 12.4 Å². The number of benzene rings is 2. The molecule has 2 aromatic rings. The minimum Gasteiger partial charge on any atom is -0.367 e. The number of hydrogen-bond donors (Lipinski definition) is 1. The largest absolute Gasteiger partial charge is 0.367 e. The van der Waals surface area contributed by atoms with Gasteiger partial charge in [0.15, 0.2) is 0 Å². The highest BCUT2D eigenvalue weighted by atomic mass is 35.5. The van der Waals surface area contributed by atoms with E-state index >= 15 is 0 Å². The fraction of sp³-hybridized carbons (Fsp3) is 0.409. The van der Waals surface area contributed by atoms with Gasteiger partial charge in [0.25, 0.3) is 0 Å². The van der Waals surface area contributed by atoms with Gasteiger partial charge in [-0.25, -0.2) is 0 Å². The van der Waals surface area contributed by atoms with Crippen molar-refractivity contribution in [1.29, 1.82) is 0 Å². The van der Waals surface area contributed by atoms with E-state index in [1.54, 1.807) is 6.92 Å². The molecule has 152 valence electrons. The van der Waals surface area contributed by atoms with Crippen LogP contribution in [0.2, 0.25) is 0 Å². The fourth-order valence-corrected chi connectivity index (χ4v) is 3.42. The third-order valence-electron chi connectivity index (χ3n) is 4.97. The number of nitrogens with two attached hydrogens (primary N) is 1. The van der Waals surface area contributed by atoms with Crippen LogP contribution in [-0.2, 0) is 9.53 Å². The van der Waals surface area contributed by atoms with E-state index in [0.29, 0.717) is 6.61 Å². The van der Waals surface area contributed by atoms with Crippen molar-refractivity contribution in [1.82, 2.24) is 9.80 Å². The van der Waals surface area contributed by atoms with Crippen LogP contribution in [0.4, 0.5) is 0 Å². The SMILES string of the molecule is CC(N)C(=O)N1CCN(CCOC(c2ccccc2)c2ccccc2)CC1.Cl. The lowest BCUT2D eigenvalue weighted by molar-refractivity contribution is -0.134. The second-order valence-corrected chi connectivity index (χ2v) is 7.03. The van der Waals surface area contributed by atoms with Crippen LogP contribution < -0.4 is 5.73 Å². The lowest BCUT2D eigenvalue weighted by atomic mass is 10.0. The highest BCUT2D eigenvalue weighted by Gasteiger charge is 2.23. The van der Waals surface area contributed by atoms with Gasteiger partial charge in [-0.2, -0.15) is 0 Å². The second kappa shape index (κ2) is 11.2. The van der Waals surface area contributed by atoms with E-state index in [-0.39, 0.29) is 24.4 Å². The van der Waals surface area contributed by atoms with Crippen LogP contribution in [0.25, 0.3) is 0 Å². The zero-order valence-electron chi connectivity index (χ0n) is 16.4. The molecule has 1 amide bonds. The Hall–Kier alpha value is -1.92. The van der Waals surface area contributed by atoms with Crippen LogP contribution in [-0.4, -0.2) is 61.1 Å². The van der Waals surface area contributed by atoms with Crippen LogP contribution in [0.1, 0.15) is 24.2 Å².